The molecule has 0 saturated heterocycles. The first-order valence-electron chi connectivity index (χ1n) is 8.38. The van der Waals surface area contributed by atoms with E-state index < -0.39 is 15.9 Å². The molecule has 130 valence electrons. The molecule has 6 heteroatoms. The molecular weight excluding hydrogens is 326 g/mol. The standard InChI is InChI=1S/C18H23NO4S/c1-23-17-9-7-15(8-10-17)19(16-11-12-24(21,22)13-16)18(20)14-5-3-2-4-6-14/h7-12,14,16H,2-6,13H2,1H3. The molecule has 1 aliphatic heterocycles. The molecule has 5 nitrogen and oxygen atoms in total. The van der Waals surface area contributed by atoms with Crippen molar-refractivity contribution in [2.75, 3.05) is 17.8 Å². The molecule has 1 aliphatic carbocycles. The summed E-state index contributed by atoms with van der Waals surface area (Å²) in [7, 11) is -1.64. The fourth-order valence-corrected chi connectivity index (χ4v) is 4.76. The number of nitrogens with zero attached hydrogens (tertiary/aromatic N) is 1. The van der Waals surface area contributed by atoms with Crippen molar-refractivity contribution in [1.29, 1.82) is 0 Å². The number of sulfone groups is 1. The zero-order chi connectivity index (χ0) is 17.2. The molecule has 0 radical (unpaired) electrons. The van der Waals surface area contributed by atoms with Crippen molar-refractivity contribution < 1.29 is 17.9 Å². The number of carbonyl (C=O) groups is 1. The van der Waals surface area contributed by atoms with Gasteiger partial charge in [0.1, 0.15) is 5.75 Å². The molecule has 1 atom stereocenters. The molecule has 2 aliphatic rings. The van der Waals surface area contributed by atoms with Crippen molar-refractivity contribution in [3.63, 3.8) is 0 Å². The minimum atomic E-state index is -3.22. The molecule has 1 unspecified atom stereocenters. The number of rotatable bonds is 4. The third-order valence-electron chi connectivity index (χ3n) is 4.79. The van der Waals surface area contributed by atoms with Crippen LogP contribution in [0.1, 0.15) is 32.1 Å². The lowest BCUT2D eigenvalue weighted by Crippen LogP contribution is -2.44. The average Bonchev–Trinajstić information content (AvgIpc) is 2.96. The van der Waals surface area contributed by atoms with Gasteiger partial charge in [-0.1, -0.05) is 19.3 Å². The summed E-state index contributed by atoms with van der Waals surface area (Å²) < 4.78 is 28.8. The minimum absolute atomic E-state index is 0.0162. The van der Waals surface area contributed by atoms with Crippen molar-refractivity contribution in [3.8, 4) is 5.75 Å². The third-order valence-corrected chi connectivity index (χ3v) is 6.16. The van der Waals surface area contributed by atoms with E-state index in [1.54, 1.807) is 30.2 Å². The number of benzene rings is 1. The van der Waals surface area contributed by atoms with Gasteiger partial charge in [0, 0.05) is 17.0 Å². The van der Waals surface area contributed by atoms with Crippen molar-refractivity contribution >= 4 is 21.4 Å². The zero-order valence-corrected chi connectivity index (χ0v) is 14.7. The molecular formula is C18H23NO4S. The number of methoxy groups -OCH3 is 1. The first-order valence-corrected chi connectivity index (χ1v) is 10.1. The van der Waals surface area contributed by atoms with E-state index in [0.717, 1.165) is 31.4 Å². The maximum atomic E-state index is 13.1. The largest absolute Gasteiger partial charge is 0.497 e. The molecule has 0 bridgehead atoms. The minimum Gasteiger partial charge on any atom is -0.497 e. The summed E-state index contributed by atoms with van der Waals surface area (Å²) in [6.07, 6.45) is 6.69. The SMILES string of the molecule is COc1ccc(N(C(=O)C2CCCCC2)C2C=CS(=O)(=O)C2)cc1. The maximum Gasteiger partial charge on any atom is 0.230 e. The van der Waals surface area contributed by atoms with Crippen LogP contribution < -0.4 is 9.64 Å². The van der Waals surface area contributed by atoms with Gasteiger partial charge < -0.3 is 9.64 Å². The van der Waals surface area contributed by atoms with E-state index in [2.05, 4.69) is 0 Å². The van der Waals surface area contributed by atoms with Gasteiger partial charge in [-0.05, 0) is 43.2 Å². The average molecular weight is 349 g/mol. The normalized spacial score (nSPS) is 23.1. The third kappa shape index (κ3) is 3.64. The highest BCUT2D eigenvalue weighted by Gasteiger charge is 2.35. The quantitative estimate of drug-likeness (QED) is 0.838. The Balaban J connectivity index is 1.90. The fourth-order valence-electron chi connectivity index (χ4n) is 3.49. The number of ether oxygens (including phenoxy) is 1. The van der Waals surface area contributed by atoms with Gasteiger partial charge >= 0.3 is 0 Å². The highest BCUT2D eigenvalue weighted by atomic mass is 32.2. The molecule has 1 fully saturated rings. The molecule has 24 heavy (non-hydrogen) atoms. The Morgan fingerprint density at radius 1 is 1.12 bits per heavy atom. The Labute approximate surface area is 143 Å². The molecule has 1 amide bonds. The number of hydrogen-bond donors (Lipinski definition) is 0. The maximum absolute atomic E-state index is 13.1. The molecule has 1 saturated carbocycles. The smallest absolute Gasteiger partial charge is 0.230 e. The van der Waals surface area contributed by atoms with Gasteiger partial charge in [-0.15, -0.1) is 0 Å². The first-order chi connectivity index (χ1) is 11.5. The van der Waals surface area contributed by atoms with Gasteiger partial charge in [-0.3, -0.25) is 4.79 Å². The summed E-state index contributed by atoms with van der Waals surface area (Å²) in [5, 5.41) is 1.22. The van der Waals surface area contributed by atoms with Crippen LogP contribution in [-0.4, -0.2) is 33.2 Å². The van der Waals surface area contributed by atoms with Gasteiger partial charge in [0.05, 0.1) is 18.9 Å². The molecule has 1 aromatic carbocycles. The predicted molar refractivity (Wildman–Crippen MR) is 93.8 cm³/mol. The van der Waals surface area contributed by atoms with E-state index in [1.165, 1.54) is 11.8 Å². The lowest BCUT2D eigenvalue weighted by molar-refractivity contribution is -0.123. The van der Waals surface area contributed by atoms with Gasteiger partial charge in [0.25, 0.3) is 0 Å². The van der Waals surface area contributed by atoms with Crippen LogP contribution in [-0.2, 0) is 14.6 Å². The Kier molecular flexibility index (Phi) is 4.94. The number of hydrogen-bond acceptors (Lipinski definition) is 4. The second-order valence-electron chi connectivity index (χ2n) is 6.47. The predicted octanol–water partition coefficient (Wildman–Crippen LogP) is 2.92. The van der Waals surface area contributed by atoms with Crippen LogP contribution in [0.4, 0.5) is 5.69 Å². The molecule has 0 spiro atoms. The van der Waals surface area contributed by atoms with Crippen LogP contribution in [0.5, 0.6) is 5.75 Å². The molecule has 0 N–H and O–H groups in total. The highest BCUT2D eigenvalue weighted by Crippen LogP contribution is 2.31. The van der Waals surface area contributed by atoms with Gasteiger partial charge in [-0.2, -0.15) is 0 Å². The van der Waals surface area contributed by atoms with E-state index in [4.69, 9.17) is 4.74 Å². The van der Waals surface area contributed by atoms with Crippen molar-refractivity contribution in [2.24, 2.45) is 5.92 Å². The topological polar surface area (TPSA) is 63.7 Å². The summed E-state index contributed by atoms with van der Waals surface area (Å²) in [5.41, 5.74) is 0.720. The molecule has 1 aromatic rings. The van der Waals surface area contributed by atoms with E-state index in [0.29, 0.717) is 5.75 Å². The number of carbonyl (C=O) groups excluding carboxylic acids is 1. The molecule has 1 heterocycles. The zero-order valence-electron chi connectivity index (χ0n) is 13.8. The molecule has 0 aromatic heterocycles. The summed E-state index contributed by atoms with van der Waals surface area (Å²) in [6, 6.07) is 6.79. The van der Waals surface area contributed by atoms with Crippen LogP contribution in [0, 0.1) is 5.92 Å². The Morgan fingerprint density at radius 2 is 1.79 bits per heavy atom. The number of amides is 1. The van der Waals surface area contributed by atoms with Crippen LogP contribution >= 0.6 is 0 Å². The highest BCUT2D eigenvalue weighted by molar-refractivity contribution is 7.94. The summed E-state index contributed by atoms with van der Waals surface area (Å²) in [6.45, 7) is 0. The first kappa shape index (κ1) is 17.0. The summed E-state index contributed by atoms with van der Waals surface area (Å²) in [5.74, 6) is 0.680. The summed E-state index contributed by atoms with van der Waals surface area (Å²) in [4.78, 5) is 14.8. The second-order valence-corrected chi connectivity index (χ2v) is 8.40. The van der Waals surface area contributed by atoms with Crippen LogP contribution in [0.15, 0.2) is 35.7 Å². The molecule has 3 rings (SSSR count). The van der Waals surface area contributed by atoms with E-state index in [1.807, 2.05) is 12.1 Å². The monoisotopic (exact) mass is 349 g/mol. The fraction of sp³-hybridized carbons (Fsp3) is 0.500. The van der Waals surface area contributed by atoms with Gasteiger partial charge in [-0.25, -0.2) is 8.42 Å². The van der Waals surface area contributed by atoms with Crippen molar-refractivity contribution in [1.82, 2.24) is 0 Å². The Morgan fingerprint density at radius 3 is 2.33 bits per heavy atom. The van der Waals surface area contributed by atoms with Gasteiger partial charge in [0.2, 0.25) is 5.91 Å². The Hall–Kier alpha value is -1.82. The Bertz CT molecular complexity index is 718. The lowest BCUT2D eigenvalue weighted by Gasteiger charge is -2.32. The second kappa shape index (κ2) is 6.97. The van der Waals surface area contributed by atoms with Crippen LogP contribution in [0.25, 0.3) is 0 Å². The van der Waals surface area contributed by atoms with Crippen LogP contribution in [0.3, 0.4) is 0 Å². The van der Waals surface area contributed by atoms with Crippen LogP contribution in [0.2, 0.25) is 0 Å². The van der Waals surface area contributed by atoms with E-state index in [-0.39, 0.29) is 17.6 Å². The summed E-state index contributed by atoms with van der Waals surface area (Å²) >= 11 is 0. The van der Waals surface area contributed by atoms with Crippen molar-refractivity contribution in [2.45, 2.75) is 38.1 Å². The van der Waals surface area contributed by atoms with Crippen molar-refractivity contribution in [3.05, 3.63) is 35.7 Å². The van der Waals surface area contributed by atoms with Gasteiger partial charge in [0.15, 0.2) is 9.84 Å². The number of anilines is 1. The lowest BCUT2D eigenvalue weighted by atomic mass is 9.88. The van der Waals surface area contributed by atoms with E-state index in [9.17, 15) is 13.2 Å². The van der Waals surface area contributed by atoms with E-state index >= 15 is 0 Å².